The maximum atomic E-state index is 12.9. The highest BCUT2D eigenvalue weighted by atomic mass is 35.5. The molecule has 4 unspecified atom stereocenters. The molecule has 5 aromatic heterocycles. The van der Waals surface area contributed by atoms with Gasteiger partial charge in [0.2, 0.25) is 5.91 Å². The van der Waals surface area contributed by atoms with Gasteiger partial charge in [-0.25, -0.2) is 32.9 Å². The van der Waals surface area contributed by atoms with Gasteiger partial charge in [0, 0.05) is 108 Å². The maximum absolute atomic E-state index is 12.9. The minimum Gasteiger partial charge on any atom is -0.351 e. The second kappa shape index (κ2) is 54.9. The zero-order chi connectivity index (χ0) is 108. The van der Waals surface area contributed by atoms with Crippen molar-refractivity contribution in [2.45, 2.75) is 131 Å². The summed E-state index contributed by atoms with van der Waals surface area (Å²) in [6.07, 6.45) is 4.54. The van der Waals surface area contributed by atoms with E-state index in [1.165, 1.54) is 10.6 Å². The Morgan fingerprint density at radius 3 is 1.20 bits per heavy atom. The lowest BCUT2D eigenvalue weighted by atomic mass is 9.94. The third-order valence-electron chi connectivity index (χ3n) is 24.1. The van der Waals surface area contributed by atoms with Gasteiger partial charge in [0.05, 0.1) is 57.9 Å². The van der Waals surface area contributed by atoms with E-state index in [1.807, 2.05) is 171 Å². The van der Waals surface area contributed by atoms with Crippen LogP contribution in [0.5, 0.6) is 0 Å². The molecule has 0 bridgehead atoms. The van der Waals surface area contributed by atoms with E-state index in [0.717, 1.165) is 95.4 Å². The van der Waals surface area contributed by atoms with E-state index < -0.39 is 35.4 Å². The molecule has 10 aromatic carbocycles. The molecule has 0 aliphatic carbocycles. The molecule has 34 nitrogen and oxygen atoms in total. The SMILES string of the molecule is CC(C)C(NC(=O)c1cc2cc(Cl)ccc2[nH]1)c1ccc(C(=O)NO)cc1.CC(C)C(NC(=O)c1ccnc2ccccc12)c1ccc(C(=O)NO)cc1.CC(C)[C@@H](NC(=O)c1cc2ccccc2n1C)c1ccc(C(=O)NO)cc1.CC(NC(=O)c1csc2ccccc12)c1ccc(C(=O)NO)cc1.CCCC(=O)NC(C)c1ccc(C(=O)NO)cc1.CCC[C@@H](NC(=O)c1cc(Cl)c(Cl)n1C)c1ccc(C(=O)NO)cc1. The van der Waals surface area contributed by atoms with Crippen molar-refractivity contribution < 1.29 is 88.8 Å². The lowest BCUT2D eigenvalue weighted by molar-refractivity contribution is -0.121. The predicted molar refractivity (Wildman–Crippen MR) is 567 cm³/mol. The van der Waals surface area contributed by atoms with Gasteiger partial charge in [-0.2, -0.15) is 0 Å². The summed E-state index contributed by atoms with van der Waals surface area (Å²) >= 11 is 19.5. The predicted octanol–water partition coefficient (Wildman–Crippen LogP) is 20.0. The molecule has 6 atom stereocenters. The Labute approximate surface area is 872 Å². The van der Waals surface area contributed by atoms with E-state index in [-0.39, 0.29) is 89.4 Å². The van der Waals surface area contributed by atoms with Gasteiger partial charge in [-0.15, -0.1) is 11.3 Å². The number of hydroxylamine groups is 6. The molecule has 0 aliphatic rings. The summed E-state index contributed by atoms with van der Waals surface area (Å²) < 4.78 is 4.49. The van der Waals surface area contributed by atoms with Crippen molar-refractivity contribution in [2.24, 2.45) is 31.8 Å². The van der Waals surface area contributed by atoms with Gasteiger partial charge in [0.25, 0.3) is 65.0 Å². The van der Waals surface area contributed by atoms with Crippen LogP contribution in [0.25, 0.3) is 42.8 Å². The number of nitrogens with one attached hydrogen (secondary N) is 13. The molecule has 0 saturated heterocycles. The van der Waals surface area contributed by atoms with E-state index >= 15 is 0 Å². The normalized spacial score (nSPS) is 12.0. The standard InChI is InChI=1S/C21H23N3O3.C21H21N3O3.C20H20ClN3O3.C18H16N2O3S.C17H19Cl2N3O3.C13H18N2O3/c1-13(2)19(14-8-10-15(11-9-14)20(25)23-27)22-21(26)18-12-16-6-4-5-7-17(16)24(18)3;1-13(2)19(14-7-9-15(10-8-14)20(25)24-27)23-21(26)17-11-12-22-18-6-4-3-5-16(17)18;1-11(2)18(12-3-5-13(6-4-12)19(25)24-27)23-20(26)17-10-14-9-15(21)7-8-16(14)22-17;1-11(12-6-8-13(9-7-12)17(21)20-23)19-18(22)15-10-24-16-5-3-2-4-14(15)16;1-3-4-13(10-5-7-11(8-6-10)16(23)21-25)20-17(24)14-9-12(18)15(19)22(14)2;1-3-4-12(16)14-9(2)10-5-7-11(8-6-10)13(17)15-18/h4-13,19,27H,1-3H3,(H,22,26)(H,23,25);3-13,19,27H,1-2H3,(H,23,26)(H,24,25);3-11,18,22,27H,1-2H3,(H,23,26)(H,24,25);2-11,23H,1H3,(H,19,22)(H,20,21);5-9,13,25H,3-4H2,1-2H3,(H,20,24)(H,21,23);5-9,18H,3-4H2,1-2H3,(H,14,16)(H,15,17)/t19-;;;;13-;/m1...1./s1. The Hall–Kier alpha value is -15.8. The number of para-hydroxylation sites is 2. The average Bonchev–Trinajstić information content (AvgIpc) is 1.58. The summed E-state index contributed by atoms with van der Waals surface area (Å²) in [6, 6.07) is 74.7. The molecule has 0 saturated carbocycles. The van der Waals surface area contributed by atoms with Crippen LogP contribution in [0.15, 0.2) is 272 Å². The third-order valence-corrected chi connectivity index (χ3v) is 26.1. The molecule has 0 fully saturated rings. The van der Waals surface area contributed by atoms with Crippen LogP contribution in [-0.2, 0) is 18.9 Å². The number of hydrogen-bond donors (Lipinski definition) is 19. The van der Waals surface area contributed by atoms with Crippen molar-refractivity contribution in [3.63, 3.8) is 0 Å². The molecule has 12 amide bonds. The summed E-state index contributed by atoms with van der Waals surface area (Å²) in [5.41, 5.74) is 22.2. The number of rotatable bonds is 30. The summed E-state index contributed by atoms with van der Waals surface area (Å²) in [6.45, 7) is 19.8. The van der Waals surface area contributed by atoms with Crippen molar-refractivity contribution in [2.75, 3.05) is 0 Å². The summed E-state index contributed by atoms with van der Waals surface area (Å²) in [7, 11) is 3.55. The molecule has 0 aliphatic heterocycles. The Kier molecular flexibility index (Phi) is 42.4. The Morgan fingerprint density at radius 2 is 0.764 bits per heavy atom. The monoisotopic (exact) mass is 2090 g/mol. The first-order valence-corrected chi connectivity index (χ1v) is 49.1. The number of aryl methyl sites for hydroxylation is 1. The van der Waals surface area contributed by atoms with Gasteiger partial charge in [-0.1, -0.05) is 224 Å². The van der Waals surface area contributed by atoms with E-state index in [2.05, 4.69) is 41.9 Å². The Morgan fingerprint density at radius 1 is 0.365 bits per heavy atom. The number of benzene rings is 10. The number of fused-ring (bicyclic) bond motifs is 4. The molecular formula is C110H117Cl3N16O18S. The van der Waals surface area contributed by atoms with Crippen LogP contribution < -0.4 is 64.8 Å². The highest BCUT2D eigenvalue weighted by Gasteiger charge is 2.28. The van der Waals surface area contributed by atoms with E-state index in [1.54, 1.807) is 227 Å². The minimum atomic E-state index is -0.587. The van der Waals surface area contributed by atoms with Gasteiger partial charge in [-0.05, 0) is 211 Å². The molecule has 15 rings (SSSR count). The topological polar surface area (TPSA) is 509 Å². The van der Waals surface area contributed by atoms with Crippen LogP contribution in [0.3, 0.4) is 0 Å². The van der Waals surface area contributed by atoms with Gasteiger partial charge in [-0.3, -0.25) is 93.8 Å². The second-order valence-electron chi connectivity index (χ2n) is 35.3. The highest BCUT2D eigenvalue weighted by molar-refractivity contribution is 7.17. The number of hydrogen-bond acceptors (Lipinski definition) is 20. The molecule has 38 heteroatoms. The van der Waals surface area contributed by atoms with Crippen LogP contribution in [0.4, 0.5) is 0 Å². The first-order chi connectivity index (χ1) is 70.9. The number of carbonyl (C=O) groups is 12. The zero-order valence-electron chi connectivity index (χ0n) is 83.0. The molecule has 15 aromatic rings. The summed E-state index contributed by atoms with van der Waals surface area (Å²) in [5.74, 6) is -3.95. The zero-order valence-corrected chi connectivity index (χ0v) is 86.1. The summed E-state index contributed by atoms with van der Waals surface area (Å²) in [4.78, 5) is 151. The van der Waals surface area contributed by atoms with Gasteiger partial charge >= 0.3 is 0 Å². The van der Waals surface area contributed by atoms with Crippen molar-refractivity contribution in [1.82, 2.24) is 83.9 Å². The number of H-pyrrole nitrogens is 1. The fourth-order valence-electron chi connectivity index (χ4n) is 15.9. The minimum absolute atomic E-state index is 0.0159. The molecular weight excluding hydrogens is 1970 g/mol. The van der Waals surface area contributed by atoms with Crippen molar-refractivity contribution in [3.8, 4) is 0 Å². The van der Waals surface area contributed by atoms with Crippen LogP contribution >= 0.6 is 46.1 Å². The Balaban J connectivity index is 0.000000182. The molecule has 0 spiro atoms. The van der Waals surface area contributed by atoms with Gasteiger partial charge in [0.1, 0.15) is 22.2 Å². The third kappa shape index (κ3) is 30.4. The number of thiophene rings is 1. The number of amides is 12. The molecule has 5 heterocycles. The first-order valence-electron chi connectivity index (χ1n) is 47.1. The number of aromatic nitrogens is 4. The van der Waals surface area contributed by atoms with Crippen LogP contribution in [-0.4, -0.2) is 121 Å². The second-order valence-corrected chi connectivity index (χ2v) is 37.4. The summed E-state index contributed by atoms with van der Waals surface area (Å²) in [5, 5.41) is 76.7. The van der Waals surface area contributed by atoms with E-state index in [9.17, 15) is 57.5 Å². The van der Waals surface area contributed by atoms with E-state index in [0.29, 0.717) is 83.2 Å². The van der Waals surface area contributed by atoms with Crippen LogP contribution in [0.2, 0.25) is 15.2 Å². The number of aromatic amines is 1. The van der Waals surface area contributed by atoms with E-state index in [4.69, 9.17) is 66.0 Å². The lowest BCUT2D eigenvalue weighted by Crippen LogP contribution is -2.32. The quantitative estimate of drug-likeness (QED) is 0.0147. The number of halogens is 3. The maximum Gasteiger partial charge on any atom is 0.274 e. The largest absolute Gasteiger partial charge is 0.351 e. The molecule has 772 valence electrons. The van der Waals surface area contributed by atoms with Crippen molar-refractivity contribution >= 4 is 160 Å². The van der Waals surface area contributed by atoms with Crippen molar-refractivity contribution in [1.29, 1.82) is 0 Å². The van der Waals surface area contributed by atoms with Crippen molar-refractivity contribution in [3.05, 3.63) is 383 Å². The van der Waals surface area contributed by atoms with Crippen LogP contribution in [0.1, 0.15) is 279 Å². The fourth-order valence-corrected chi connectivity index (χ4v) is 17.4. The highest BCUT2D eigenvalue weighted by Crippen LogP contribution is 2.33. The fraction of sp³-hybridized carbons (Fsp3) is 0.227. The Bertz CT molecular complexity index is 7160. The molecule has 19 N–H and O–H groups in total. The number of carbonyl (C=O) groups excluding carboxylic acids is 12. The average molecular weight is 2090 g/mol. The molecule has 0 radical (unpaired) electrons. The lowest BCUT2D eigenvalue weighted by Gasteiger charge is -2.23. The van der Waals surface area contributed by atoms with Crippen LogP contribution in [0, 0.1) is 17.8 Å². The smallest absolute Gasteiger partial charge is 0.274 e. The first kappa shape index (κ1) is 114. The van der Waals surface area contributed by atoms with Gasteiger partial charge in [0.15, 0.2) is 0 Å². The number of pyridine rings is 1. The number of nitrogens with zero attached hydrogens (tertiary/aromatic N) is 3. The molecule has 148 heavy (non-hydrogen) atoms. The van der Waals surface area contributed by atoms with Gasteiger partial charge < -0.3 is 46.0 Å².